The maximum Gasteiger partial charge on any atom is 0.0436 e. The predicted octanol–water partition coefficient (Wildman–Crippen LogP) is 3.84. The van der Waals surface area contributed by atoms with E-state index in [1.54, 1.807) is 0 Å². The Morgan fingerprint density at radius 2 is 1.80 bits per heavy atom. The summed E-state index contributed by atoms with van der Waals surface area (Å²) in [7, 11) is -0.768. The first-order valence-corrected chi connectivity index (χ1v) is 9.19. The molecule has 0 spiro atoms. The maximum atomic E-state index is 12.3. The van der Waals surface area contributed by atoms with E-state index in [4.69, 9.17) is 0 Å². The molecule has 0 saturated heterocycles. The van der Waals surface area contributed by atoms with Gasteiger partial charge in [-0.05, 0) is 30.5 Å². The van der Waals surface area contributed by atoms with Crippen molar-refractivity contribution in [2.45, 2.75) is 58.2 Å². The molecule has 0 aliphatic rings. The van der Waals surface area contributed by atoms with Gasteiger partial charge >= 0.3 is 0 Å². The van der Waals surface area contributed by atoms with E-state index in [-0.39, 0.29) is 11.3 Å². The molecule has 1 aromatic carbocycles. The zero-order chi connectivity index (χ0) is 15.0. The molecule has 0 amide bonds. The summed E-state index contributed by atoms with van der Waals surface area (Å²) in [5.74, 6) is 0.704. The van der Waals surface area contributed by atoms with Crippen LogP contribution in [0.1, 0.15) is 57.7 Å². The van der Waals surface area contributed by atoms with Crippen LogP contribution in [-0.4, -0.2) is 21.8 Å². The summed E-state index contributed by atoms with van der Waals surface area (Å²) in [5.41, 5.74) is 2.64. The van der Waals surface area contributed by atoms with Gasteiger partial charge in [0.2, 0.25) is 0 Å². The molecule has 1 aromatic rings. The Labute approximate surface area is 126 Å². The van der Waals surface area contributed by atoms with Crippen LogP contribution in [0.2, 0.25) is 0 Å². The van der Waals surface area contributed by atoms with Crippen molar-refractivity contribution in [2.75, 3.05) is 12.3 Å². The molecule has 3 unspecified atom stereocenters. The number of rotatable bonds is 9. The Bertz CT molecular complexity index is 402. The second-order valence-corrected chi connectivity index (χ2v) is 7.27. The van der Waals surface area contributed by atoms with Crippen LogP contribution in [-0.2, 0) is 17.2 Å². The van der Waals surface area contributed by atoms with Crippen molar-refractivity contribution in [2.24, 2.45) is 0 Å². The third kappa shape index (κ3) is 5.37. The SMILES string of the molecule is CCCc1ccc(C(CS(=O)C(C)CC)NCC)cc1. The van der Waals surface area contributed by atoms with Crippen LogP contribution >= 0.6 is 0 Å². The third-order valence-corrected chi connectivity index (χ3v) is 5.62. The quantitative estimate of drug-likeness (QED) is 0.750. The summed E-state index contributed by atoms with van der Waals surface area (Å²) >= 11 is 0. The molecule has 1 rings (SSSR count). The van der Waals surface area contributed by atoms with E-state index >= 15 is 0 Å². The fourth-order valence-electron chi connectivity index (χ4n) is 2.24. The second-order valence-electron chi connectivity index (χ2n) is 5.37. The average molecular weight is 295 g/mol. The van der Waals surface area contributed by atoms with Crippen molar-refractivity contribution in [1.29, 1.82) is 0 Å². The van der Waals surface area contributed by atoms with Crippen LogP contribution in [0.4, 0.5) is 0 Å². The molecule has 0 heterocycles. The lowest BCUT2D eigenvalue weighted by Gasteiger charge is -2.20. The molecule has 0 aliphatic carbocycles. The molecule has 0 radical (unpaired) electrons. The molecule has 0 bridgehead atoms. The summed E-state index contributed by atoms with van der Waals surface area (Å²) in [6.07, 6.45) is 3.28. The third-order valence-electron chi connectivity index (χ3n) is 3.73. The second kappa shape index (κ2) is 9.30. The molecule has 0 aromatic heterocycles. The molecule has 0 aliphatic heterocycles. The van der Waals surface area contributed by atoms with Gasteiger partial charge in [0, 0.05) is 27.8 Å². The zero-order valence-corrected chi connectivity index (χ0v) is 14.1. The average Bonchev–Trinajstić information content (AvgIpc) is 2.47. The summed E-state index contributed by atoms with van der Waals surface area (Å²) in [4.78, 5) is 0. The standard InChI is InChI=1S/C17H29NOS/c1-5-8-15-9-11-16(12-10-15)17(18-7-3)13-20(19)14(4)6-2/h9-12,14,17-18H,5-8,13H2,1-4H3. The van der Waals surface area contributed by atoms with Gasteiger partial charge in [-0.3, -0.25) is 4.21 Å². The van der Waals surface area contributed by atoms with Gasteiger partial charge in [0.25, 0.3) is 0 Å². The Kier molecular flexibility index (Phi) is 8.08. The molecular weight excluding hydrogens is 266 g/mol. The Balaban J connectivity index is 2.76. The fourth-order valence-corrected chi connectivity index (χ4v) is 3.58. The van der Waals surface area contributed by atoms with E-state index in [0.29, 0.717) is 5.75 Å². The van der Waals surface area contributed by atoms with Crippen LogP contribution < -0.4 is 5.32 Å². The van der Waals surface area contributed by atoms with Crippen LogP contribution in [0.15, 0.2) is 24.3 Å². The van der Waals surface area contributed by atoms with E-state index in [1.165, 1.54) is 17.5 Å². The lowest BCUT2D eigenvalue weighted by Crippen LogP contribution is -2.28. The zero-order valence-electron chi connectivity index (χ0n) is 13.3. The van der Waals surface area contributed by atoms with Crippen molar-refractivity contribution in [3.63, 3.8) is 0 Å². The molecule has 3 heteroatoms. The first-order valence-electron chi connectivity index (χ1n) is 7.81. The van der Waals surface area contributed by atoms with Crippen LogP contribution in [0.25, 0.3) is 0 Å². The van der Waals surface area contributed by atoms with Crippen LogP contribution in [0.5, 0.6) is 0 Å². The summed E-state index contributed by atoms with van der Waals surface area (Å²) < 4.78 is 12.3. The minimum absolute atomic E-state index is 0.200. The topological polar surface area (TPSA) is 29.1 Å². The highest BCUT2D eigenvalue weighted by atomic mass is 32.2. The van der Waals surface area contributed by atoms with Gasteiger partial charge in [-0.15, -0.1) is 0 Å². The van der Waals surface area contributed by atoms with E-state index < -0.39 is 10.8 Å². The highest BCUT2D eigenvalue weighted by Crippen LogP contribution is 2.18. The first-order chi connectivity index (χ1) is 9.62. The summed E-state index contributed by atoms with van der Waals surface area (Å²) in [6, 6.07) is 8.98. The van der Waals surface area contributed by atoms with Crippen molar-refractivity contribution in [3.8, 4) is 0 Å². The lowest BCUT2D eigenvalue weighted by atomic mass is 10.0. The molecule has 114 valence electrons. The summed E-state index contributed by atoms with van der Waals surface area (Å²) in [5, 5.41) is 3.74. The normalized spacial score (nSPS) is 15.8. The largest absolute Gasteiger partial charge is 0.309 e. The molecular formula is C17H29NOS. The minimum Gasteiger partial charge on any atom is -0.309 e. The van der Waals surface area contributed by atoms with Gasteiger partial charge in [-0.25, -0.2) is 0 Å². The van der Waals surface area contributed by atoms with E-state index in [1.807, 2.05) is 0 Å². The van der Waals surface area contributed by atoms with E-state index in [0.717, 1.165) is 19.4 Å². The molecule has 3 atom stereocenters. The highest BCUT2D eigenvalue weighted by molar-refractivity contribution is 7.85. The molecule has 20 heavy (non-hydrogen) atoms. The number of nitrogens with one attached hydrogen (secondary N) is 1. The van der Waals surface area contributed by atoms with Crippen molar-refractivity contribution < 1.29 is 4.21 Å². The number of aryl methyl sites for hydroxylation is 1. The van der Waals surface area contributed by atoms with Gasteiger partial charge in [-0.1, -0.05) is 58.4 Å². The van der Waals surface area contributed by atoms with Crippen molar-refractivity contribution >= 4 is 10.8 Å². The smallest absolute Gasteiger partial charge is 0.0436 e. The fraction of sp³-hybridized carbons (Fsp3) is 0.647. The number of benzene rings is 1. The van der Waals surface area contributed by atoms with Gasteiger partial charge < -0.3 is 5.32 Å². The Hall–Kier alpha value is -0.670. The predicted molar refractivity (Wildman–Crippen MR) is 89.6 cm³/mol. The van der Waals surface area contributed by atoms with Gasteiger partial charge in [0.15, 0.2) is 0 Å². The van der Waals surface area contributed by atoms with Gasteiger partial charge in [0.1, 0.15) is 0 Å². The van der Waals surface area contributed by atoms with E-state index in [2.05, 4.69) is 57.3 Å². The minimum atomic E-state index is -0.768. The lowest BCUT2D eigenvalue weighted by molar-refractivity contribution is 0.590. The first kappa shape index (κ1) is 17.4. The van der Waals surface area contributed by atoms with Gasteiger partial charge in [0.05, 0.1) is 0 Å². The van der Waals surface area contributed by atoms with Crippen LogP contribution in [0, 0.1) is 0 Å². The highest BCUT2D eigenvalue weighted by Gasteiger charge is 2.17. The monoisotopic (exact) mass is 295 g/mol. The van der Waals surface area contributed by atoms with E-state index in [9.17, 15) is 4.21 Å². The molecule has 0 fully saturated rings. The number of hydrogen-bond donors (Lipinski definition) is 1. The Morgan fingerprint density at radius 1 is 1.15 bits per heavy atom. The molecule has 1 N–H and O–H groups in total. The maximum absolute atomic E-state index is 12.3. The molecule has 0 saturated carbocycles. The van der Waals surface area contributed by atoms with Crippen molar-refractivity contribution in [1.82, 2.24) is 5.32 Å². The van der Waals surface area contributed by atoms with Crippen molar-refractivity contribution in [3.05, 3.63) is 35.4 Å². The number of hydrogen-bond acceptors (Lipinski definition) is 2. The Morgan fingerprint density at radius 3 is 2.30 bits per heavy atom. The summed E-state index contributed by atoms with van der Waals surface area (Å²) in [6.45, 7) is 9.38. The van der Waals surface area contributed by atoms with Gasteiger partial charge in [-0.2, -0.15) is 0 Å². The van der Waals surface area contributed by atoms with Crippen LogP contribution in [0.3, 0.4) is 0 Å². The molecule has 2 nitrogen and oxygen atoms in total.